The SMILES string of the molecule is O=C1NC(=Nc2ccc3ccccc3c2)S/C1=C/c1ccc(-c2ccc(Br)cc2)o1. The number of fused-ring (bicyclic) bond motifs is 1. The summed E-state index contributed by atoms with van der Waals surface area (Å²) in [6.07, 6.45) is 1.74. The summed E-state index contributed by atoms with van der Waals surface area (Å²) < 4.78 is 6.91. The van der Waals surface area contributed by atoms with E-state index in [1.807, 2.05) is 72.8 Å². The maximum atomic E-state index is 12.4. The minimum absolute atomic E-state index is 0.180. The predicted octanol–water partition coefficient (Wildman–Crippen LogP) is 6.75. The Hall–Kier alpha value is -3.09. The molecule has 1 aliphatic heterocycles. The predicted molar refractivity (Wildman–Crippen MR) is 127 cm³/mol. The number of nitrogens with one attached hydrogen (secondary N) is 1. The largest absolute Gasteiger partial charge is 0.457 e. The Morgan fingerprint density at radius 1 is 0.933 bits per heavy atom. The highest BCUT2D eigenvalue weighted by Gasteiger charge is 2.24. The summed E-state index contributed by atoms with van der Waals surface area (Å²) in [4.78, 5) is 17.5. The fraction of sp³-hybridized carbons (Fsp3) is 0. The highest BCUT2D eigenvalue weighted by Crippen LogP contribution is 2.31. The van der Waals surface area contributed by atoms with Crippen LogP contribution in [-0.2, 0) is 4.79 Å². The molecule has 1 N–H and O–H groups in total. The molecule has 5 rings (SSSR count). The zero-order valence-electron chi connectivity index (χ0n) is 15.6. The number of furan rings is 1. The van der Waals surface area contributed by atoms with Gasteiger partial charge in [-0.25, -0.2) is 4.99 Å². The molecular weight excluding hydrogens is 460 g/mol. The standard InChI is InChI=1S/C24H15BrN2O2S/c25-18-8-5-16(6-9-18)21-12-11-20(29-21)14-22-23(28)27-24(30-22)26-19-10-7-15-3-1-2-4-17(15)13-19/h1-14H,(H,26,27,28)/b22-14+. The molecule has 0 unspecified atom stereocenters. The summed E-state index contributed by atoms with van der Waals surface area (Å²) in [6, 6.07) is 25.7. The average Bonchev–Trinajstić information content (AvgIpc) is 3.35. The van der Waals surface area contributed by atoms with E-state index in [9.17, 15) is 4.79 Å². The van der Waals surface area contributed by atoms with Crippen molar-refractivity contribution < 1.29 is 9.21 Å². The fourth-order valence-electron chi connectivity index (χ4n) is 3.17. The summed E-state index contributed by atoms with van der Waals surface area (Å²) in [6.45, 7) is 0. The van der Waals surface area contributed by atoms with Crippen molar-refractivity contribution in [3.63, 3.8) is 0 Å². The lowest BCUT2D eigenvalue weighted by molar-refractivity contribution is -0.115. The minimum Gasteiger partial charge on any atom is -0.457 e. The third-order valence-corrected chi connectivity index (χ3v) is 6.08. The Kier molecular flexibility index (Phi) is 5.02. The quantitative estimate of drug-likeness (QED) is 0.334. The van der Waals surface area contributed by atoms with Crippen LogP contribution in [0.2, 0.25) is 0 Å². The van der Waals surface area contributed by atoms with E-state index in [1.54, 1.807) is 6.08 Å². The first-order chi connectivity index (χ1) is 14.6. The van der Waals surface area contributed by atoms with Crippen LogP contribution in [0.1, 0.15) is 5.76 Å². The molecule has 1 amide bonds. The van der Waals surface area contributed by atoms with E-state index in [0.717, 1.165) is 32.3 Å². The van der Waals surface area contributed by atoms with Gasteiger partial charge in [-0.2, -0.15) is 0 Å². The first-order valence-corrected chi connectivity index (χ1v) is 10.9. The molecule has 1 aliphatic rings. The van der Waals surface area contributed by atoms with Gasteiger partial charge in [-0.05, 0) is 58.9 Å². The van der Waals surface area contributed by atoms with Gasteiger partial charge in [0.25, 0.3) is 5.91 Å². The smallest absolute Gasteiger partial charge is 0.264 e. The van der Waals surface area contributed by atoms with Crippen LogP contribution in [0.5, 0.6) is 0 Å². The van der Waals surface area contributed by atoms with Gasteiger partial charge < -0.3 is 9.73 Å². The van der Waals surface area contributed by atoms with E-state index in [1.165, 1.54) is 11.8 Å². The summed E-state index contributed by atoms with van der Waals surface area (Å²) in [7, 11) is 0. The minimum atomic E-state index is -0.180. The van der Waals surface area contributed by atoms with Crippen molar-refractivity contribution in [3.8, 4) is 11.3 Å². The molecule has 0 saturated carbocycles. The molecule has 6 heteroatoms. The molecule has 0 bridgehead atoms. The lowest BCUT2D eigenvalue weighted by Crippen LogP contribution is -2.19. The van der Waals surface area contributed by atoms with Crippen molar-refractivity contribution >= 4 is 61.3 Å². The highest BCUT2D eigenvalue weighted by molar-refractivity contribution is 9.10. The second kappa shape index (κ2) is 7.97. The molecule has 30 heavy (non-hydrogen) atoms. The van der Waals surface area contributed by atoms with Crippen LogP contribution in [0, 0.1) is 0 Å². The molecule has 1 saturated heterocycles. The number of amides is 1. The lowest BCUT2D eigenvalue weighted by Gasteiger charge is -2.00. The number of nitrogens with zero attached hydrogens (tertiary/aromatic N) is 1. The number of carbonyl (C=O) groups is 1. The Morgan fingerprint density at radius 2 is 1.73 bits per heavy atom. The van der Waals surface area contributed by atoms with Gasteiger partial charge >= 0.3 is 0 Å². The number of rotatable bonds is 3. The average molecular weight is 475 g/mol. The fourth-order valence-corrected chi connectivity index (χ4v) is 4.26. The molecule has 1 fully saturated rings. The maximum Gasteiger partial charge on any atom is 0.264 e. The van der Waals surface area contributed by atoms with Gasteiger partial charge in [-0.3, -0.25) is 4.79 Å². The Balaban J connectivity index is 1.37. The molecule has 0 spiro atoms. The van der Waals surface area contributed by atoms with Crippen LogP contribution in [0.15, 0.2) is 97.7 Å². The van der Waals surface area contributed by atoms with Crippen LogP contribution in [0.3, 0.4) is 0 Å². The van der Waals surface area contributed by atoms with Crippen molar-refractivity contribution in [2.45, 2.75) is 0 Å². The molecule has 4 nitrogen and oxygen atoms in total. The van der Waals surface area contributed by atoms with Gasteiger partial charge in [-0.15, -0.1) is 0 Å². The van der Waals surface area contributed by atoms with E-state index in [0.29, 0.717) is 15.8 Å². The van der Waals surface area contributed by atoms with Crippen molar-refractivity contribution in [1.29, 1.82) is 0 Å². The first-order valence-electron chi connectivity index (χ1n) is 9.28. The van der Waals surface area contributed by atoms with Crippen LogP contribution in [0.25, 0.3) is 28.2 Å². The van der Waals surface area contributed by atoms with Crippen LogP contribution >= 0.6 is 27.7 Å². The second-order valence-electron chi connectivity index (χ2n) is 6.72. The molecule has 1 aromatic heterocycles. The van der Waals surface area contributed by atoms with Crippen molar-refractivity contribution in [3.05, 3.63) is 94.0 Å². The Labute approximate surface area is 185 Å². The van der Waals surface area contributed by atoms with Gasteiger partial charge in [0, 0.05) is 16.1 Å². The van der Waals surface area contributed by atoms with Crippen molar-refractivity contribution in [2.24, 2.45) is 4.99 Å². The molecule has 0 atom stereocenters. The highest BCUT2D eigenvalue weighted by atomic mass is 79.9. The van der Waals surface area contributed by atoms with Gasteiger partial charge in [0.15, 0.2) is 5.17 Å². The van der Waals surface area contributed by atoms with Gasteiger partial charge in [0.05, 0.1) is 10.6 Å². The maximum absolute atomic E-state index is 12.4. The molecule has 0 aliphatic carbocycles. The zero-order valence-corrected chi connectivity index (χ0v) is 18.0. The van der Waals surface area contributed by atoms with E-state index in [-0.39, 0.29) is 5.91 Å². The van der Waals surface area contributed by atoms with Gasteiger partial charge in [-0.1, -0.05) is 58.4 Å². The van der Waals surface area contributed by atoms with E-state index >= 15 is 0 Å². The van der Waals surface area contributed by atoms with Crippen LogP contribution in [-0.4, -0.2) is 11.1 Å². The van der Waals surface area contributed by atoms with Crippen LogP contribution < -0.4 is 5.32 Å². The van der Waals surface area contributed by atoms with E-state index in [2.05, 4.69) is 32.3 Å². The Bertz CT molecular complexity index is 1320. The van der Waals surface area contributed by atoms with Crippen molar-refractivity contribution in [2.75, 3.05) is 0 Å². The van der Waals surface area contributed by atoms with Gasteiger partial charge in [0.2, 0.25) is 0 Å². The summed E-state index contributed by atoms with van der Waals surface area (Å²) in [5.74, 6) is 1.20. The molecular formula is C24H15BrN2O2S. The number of hydrogen-bond acceptors (Lipinski definition) is 4. The molecule has 146 valence electrons. The summed E-state index contributed by atoms with van der Waals surface area (Å²) >= 11 is 4.74. The molecule has 4 aromatic rings. The third kappa shape index (κ3) is 3.97. The number of benzene rings is 3. The number of thioether (sulfide) groups is 1. The normalized spacial score (nSPS) is 16.5. The number of hydrogen-bond donors (Lipinski definition) is 1. The summed E-state index contributed by atoms with van der Waals surface area (Å²) in [5.41, 5.74) is 1.78. The second-order valence-corrected chi connectivity index (χ2v) is 8.67. The van der Waals surface area contributed by atoms with E-state index < -0.39 is 0 Å². The monoisotopic (exact) mass is 474 g/mol. The van der Waals surface area contributed by atoms with Crippen LogP contribution in [0.4, 0.5) is 5.69 Å². The topological polar surface area (TPSA) is 54.6 Å². The lowest BCUT2D eigenvalue weighted by atomic mass is 10.1. The summed E-state index contributed by atoms with van der Waals surface area (Å²) in [5, 5.41) is 5.65. The molecule has 3 aromatic carbocycles. The van der Waals surface area contributed by atoms with Gasteiger partial charge in [0.1, 0.15) is 11.5 Å². The zero-order chi connectivity index (χ0) is 20.5. The number of aliphatic imine (C=N–C) groups is 1. The van der Waals surface area contributed by atoms with E-state index in [4.69, 9.17) is 4.42 Å². The molecule has 0 radical (unpaired) electrons. The number of carbonyl (C=O) groups excluding carboxylic acids is 1. The first kappa shape index (κ1) is 18.9. The van der Waals surface area contributed by atoms with Crippen molar-refractivity contribution in [1.82, 2.24) is 5.32 Å². The number of halogens is 1. The Morgan fingerprint density at radius 3 is 2.57 bits per heavy atom. The third-order valence-electron chi connectivity index (χ3n) is 4.64. The number of amidine groups is 1. The molecule has 2 heterocycles.